The number of nitrogens with one attached hydrogen (secondary N) is 1. The molecule has 23 heavy (non-hydrogen) atoms. The molecule has 3 rings (SSSR count). The lowest BCUT2D eigenvalue weighted by Gasteiger charge is -2.05. The summed E-state index contributed by atoms with van der Waals surface area (Å²) in [5, 5.41) is 11.5. The number of hydrogen-bond donors (Lipinski definition) is 3. The number of rotatable bonds is 5. The number of carbonyl (C=O) groups excluding carboxylic acids is 2. The number of thiophene rings is 1. The lowest BCUT2D eigenvalue weighted by molar-refractivity contribution is -0.113. The van der Waals surface area contributed by atoms with E-state index < -0.39 is 5.91 Å². The number of hydrogen-bond acceptors (Lipinski definition) is 7. The summed E-state index contributed by atoms with van der Waals surface area (Å²) < 4.78 is 1.33. The number of amides is 2. The van der Waals surface area contributed by atoms with Gasteiger partial charge in [-0.2, -0.15) is 0 Å². The van der Waals surface area contributed by atoms with Gasteiger partial charge in [0.05, 0.1) is 11.3 Å². The molecule has 2 aromatic heterocycles. The molecule has 5 N–H and O–H groups in total. The van der Waals surface area contributed by atoms with Gasteiger partial charge in [-0.25, -0.2) is 4.68 Å². The van der Waals surface area contributed by atoms with Crippen LogP contribution in [0.4, 0.5) is 5.00 Å². The van der Waals surface area contributed by atoms with Gasteiger partial charge in [-0.3, -0.25) is 9.59 Å². The van der Waals surface area contributed by atoms with E-state index in [0.29, 0.717) is 21.5 Å². The van der Waals surface area contributed by atoms with Crippen molar-refractivity contribution >= 4 is 39.9 Å². The van der Waals surface area contributed by atoms with E-state index in [9.17, 15) is 9.59 Å². The van der Waals surface area contributed by atoms with Crippen molar-refractivity contribution in [3.8, 4) is 0 Å². The number of aryl methyl sites for hydroxylation is 2. The SMILES string of the molecule is Cc1nnc(SCC(=O)Nc2sc3c(c2C(N)=O)CCC3)n1N. The van der Waals surface area contributed by atoms with E-state index in [1.165, 1.54) is 27.8 Å². The molecule has 0 atom stereocenters. The number of thioether (sulfide) groups is 1. The Bertz CT molecular complexity index is 782. The molecule has 0 spiro atoms. The zero-order valence-corrected chi connectivity index (χ0v) is 14.1. The minimum atomic E-state index is -0.496. The number of carbonyl (C=O) groups is 2. The van der Waals surface area contributed by atoms with Crippen molar-refractivity contribution in [2.75, 3.05) is 16.9 Å². The first kappa shape index (κ1) is 15.8. The van der Waals surface area contributed by atoms with Gasteiger partial charge >= 0.3 is 0 Å². The largest absolute Gasteiger partial charge is 0.365 e. The van der Waals surface area contributed by atoms with E-state index in [-0.39, 0.29) is 11.7 Å². The highest BCUT2D eigenvalue weighted by Gasteiger charge is 2.26. The second kappa shape index (κ2) is 6.20. The van der Waals surface area contributed by atoms with Crippen molar-refractivity contribution in [2.45, 2.75) is 31.3 Å². The van der Waals surface area contributed by atoms with Gasteiger partial charge in [0.1, 0.15) is 10.8 Å². The molecular formula is C13H16N6O2S2. The van der Waals surface area contributed by atoms with Gasteiger partial charge in [-0.05, 0) is 31.7 Å². The highest BCUT2D eigenvalue weighted by atomic mass is 32.2. The normalized spacial score (nSPS) is 13.1. The van der Waals surface area contributed by atoms with Gasteiger partial charge in [0.15, 0.2) is 0 Å². The van der Waals surface area contributed by atoms with Gasteiger partial charge in [0.2, 0.25) is 11.1 Å². The van der Waals surface area contributed by atoms with Crippen LogP contribution in [0, 0.1) is 6.92 Å². The molecule has 2 heterocycles. The fourth-order valence-electron chi connectivity index (χ4n) is 2.49. The van der Waals surface area contributed by atoms with Gasteiger partial charge in [-0.1, -0.05) is 11.8 Å². The Kier molecular flexibility index (Phi) is 4.26. The van der Waals surface area contributed by atoms with Gasteiger partial charge in [-0.15, -0.1) is 21.5 Å². The van der Waals surface area contributed by atoms with E-state index in [1.54, 1.807) is 6.92 Å². The summed E-state index contributed by atoms with van der Waals surface area (Å²) in [6, 6.07) is 0. The third kappa shape index (κ3) is 3.04. The topological polar surface area (TPSA) is 129 Å². The molecule has 0 aromatic carbocycles. The maximum Gasteiger partial charge on any atom is 0.251 e. The molecule has 0 radical (unpaired) electrons. The van der Waals surface area contributed by atoms with Crippen LogP contribution in [-0.2, 0) is 17.6 Å². The van der Waals surface area contributed by atoms with E-state index in [4.69, 9.17) is 11.6 Å². The molecule has 8 nitrogen and oxygen atoms in total. The van der Waals surface area contributed by atoms with Crippen LogP contribution in [0.2, 0.25) is 0 Å². The van der Waals surface area contributed by atoms with Crippen LogP contribution in [0.25, 0.3) is 0 Å². The second-order valence-electron chi connectivity index (χ2n) is 5.16. The molecule has 1 aliphatic carbocycles. The Hall–Kier alpha value is -2.07. The maximum atomic E-state index is 12.1. The van der Waals surface area contributed by atoms with Gasteiger partial charge in [0.25, 0.3) is 5.91 Å². The Labute approximate surface area is 140 Å². The number of anilines is 1. The fourth-order valence-corrected chi connectivity index (χ4v) is 4.51. The summed E-state index contributed by atoms with van der Waals surface area (Å²) in [4.78, 5) is 25.0. The summed E-state index contributed by atoms with van der Waals surface area (Å²) >= 11 is 2.62. The van der Waals surface area contributed by atoms with Crippen molar-refractivity contribution in [1.29, 1.82) is 0 Å². The van der Waals surface area contributed by atoms with Crippen molar-refractivity contribution in [1.82, 2.24) is 14.9 Å². The van der Waals surface area contributed by atoms with Crippen LogP contribution >= 0.6 is 23.1 Å². The molecule has 2 aromatic rings. The van der Waals surface area contributed by atoms with Crippen LogP contribution < -0.4 is 16.9 Å². The van der Waals surface area contributed by atoms with Crippen LogP contribution in [0.1, 0.15) is 33.0 Å². The molecule has 0 saturated carbocycles. The highest BCUT2D eigenvalue weighted by Crippen LogP contribution is 2.38. The van der Waals surface area contributed by atoms with Crippen LogP contribution in [0.3, 0.4) is 0 Å². The second-order valence-corrected chi connectivity index (χ2v) is 7.21. The van der Waals surface area contributed by atoms with E-state index in [1.807, 2.05) is 0 Å². The fraction of sp³-hybridized carbons (Fsp3) is 0.385. The summed E-state index contributed by atoms with van der Waals surface area (Å²) in [5.74, 6) is 5.69. The standard InChI is InChI=1S/C13H16N6O2S2/c1-6-17-18-13(19(6)15)22-5-9(20)16-12-10(11(14)21)7-3-2-4-8(7)23-12/h2-5,15H2,1H3,(H2,14,21)(H,16,20). The lowest BCUT2D eigenvalue weighted by atomic mass is 10.1. The zero-order chi connectivity index (χ0) is 16.6. The molecule has 0 unspecified atom stereocenters. The lowest BCUT2D eigenvalue weighted by Crippen LogP contribution is -2.19. The molecule has 0 fully saturated rings. The van der Waals surface area contributed by atoms with E-state index in [2.05, 4.69) is 15.5 Å². The average Bonchev–Trinajstić information content (AvgIpc) is 3.13. The van der Waals surface area contributed by atoms with E-state index >= 15 is 0 Å². The van der Waals surface area contributed by atoms with Gasteiger partial charge in [0, 0.05) is 4.88 Å². The summed E-state index contributed by atoms with van der Waals surface area (Å²) in [6.07, 6.45) is 2.79. The quantitative estimate of drug-likeness (QED) is 0.536. The molecule has 2 amide bonds. The first-order chi connectivity index (χ1) is 11.0. The monoisotopic (exact) mass is 352 g/mol. The Balaban J connectivity index is 1.69. The molecule has 10 heteroatoms. The smallest absolute Gasteiger partial charge is 0.251 e. The third-order valence-corrected chi connectivity index (χ3v) is 5.74. The number of primary amides is 1. The molecule has 122 valence electrons. The molecule has 0 aliphatic heterocycles. The molecule has 0 bridgehead atoms. The van der Waals surface area contributed by atoms with Crippen LogP contribution in [0.5, 0.6) is 0 Å². The van der Waals surface area contributed by atoms with Crippen LogP contribution in [-0.4, -0.2) is 32.4 Å². The zero-order valence-electron chi connectivity index (χ0n) is 12.5. The third-order valence-electron chi connectivity index (χ3n) is 3.59. The van der Waals surface area contributed by atoms with Crippen LogP contribution in [0.15, 0.2) is 5.16 Å². The number of aromatic nitrogens is 3. The summed E-state index contributed by atoms with van der Waals surface area (Å²) in [7, 11) is 0. The Morgan fingerprint density at radius 3 is 2.83 bits per heavy atom. The van der Waals surface area contributed by atoms with Crippen molar-refractivity contribution in [3.05, 3.63) is 21.8 Å². The molecule has 0 saturated heterocycles. The summed E-state index contributed by atoms with van der Waals surface area (Å²) in [6.45, 7) is 1.73. The number of nitrogen functional groups attached to an aromatic ring is 1. The number of nitrogens with zero attached hydrogens (tertiary/aromatic N) is 3. The maximum absolute atomic E-state index is 12.1. The van der Waals surface area contributed by atoms with Crippen molar-refractivity contribution < 1.29 is 9.59 Å². The van der Waals surface area contributed by atoms with Crippen molar-refractivity contribution in [3.63, 3.8) is 0 Å². The Morgan fingerprint density at radius 1 is 1.39 bits per heavy atom. The first-order valence-electron chi connectivity index (χ1n) is 7.01. The Morgan fingerprint density at radius 2 is 2.17 bits per heavy atom. The minimum Gasteiger partial charge on any atom is -0.365 e. The predicted octanol–water partition coefficient (Wildman–Crippen LogP) is 0.680. The summed E-state index contributed by atoms with van der Waals surface area (Å²) in [5.41, 5.74) is 6.91. The van der Waals surface area contributed by atoms with E-state index in [0.717, 1.165) is 29.7 Å². The number of nitrogens with two attached hydrogens (primary N) is 2. The van der Waals surface area contributed by atoms with Crippen molar-refractivity contribution in [2.24, 2.45) is 5.73 Å². The minimum absolute atomic E-state index is 0.121. The number of fused-ring (bicyclic) bond motifs is 1. The first-order valence-corrected chi connectivity index (χ1v) is 8.81. The molecular weight excluding hydrogens is 336 g/mol. The highest BCUT2D eigenvalue weighted by molar-refractivity contribution is 7.99. The van der Waals surface area contributed by atoms with Gasteiger partial charge < -0.3 is 16.9 Å². The molecule has 1 aliphatic rings. The predicted molar refractivity (Wildman–Crippen MR) is 89.1 cm³/mol. The average molecular weight is 352 g/mol.